The van der Waals surface area contributed by atoms with Crippen molar-refractivity contribution in [2.24, 2.45) is 0 Å². The van der Waals surface area contributed by atoms with E-state index in [9.17, 15) is 4.79 Å². The molecule has 25 heavy (non-hydrogen) atoms. The maximum atomic E-state index is 12.4. The van der Waals surface area contributed by atoms with Gasteiger partial charge in [0.25, 0.3) is 5.91 Å². The lowest BCUT2D eigenvalue weighted by Gasteiger charge is -2.38. The average Bonchev–Trinajstić information content (AvgIpc) is 3.28. The van der Waals surface area contributed by atoms with Gasteiger partial charge in [-0.3, -0.25) is 4.79 Å². The smallest absolute Gasteiger partial charge is 0.276 e. The fourth-order valence-electron chi connectivity index (χ4n) is 2.48. The number of rotatable bonds is 4. The van der Waals surface area contributed by atoms with Gasteiger partial charge in [0.05, 0.1) is 19.4 Å². The van der Waals surface area contributed by atoms with Gasteiger partial charge >= 0.3 is 0 Å². The molecule has 0 bridgehead atoms. The van der Waals surface area contributed by atoms with Crippen molar-refractivity contribution >= 4 is 5.91 Å². The number of hydrogen-bond acceptors (Lipinski definition) is 7. The largest absolute Gasteiger partial charge is 0.470 e. The standard InChI is InChI=1S/C17H12N4O4/c18-8-11-3-1-5-19-16(11)24-12-9-21(10-12)17(22)13-7-15(25-20-13)14-4-2-6-23-14/h1-7,12H,9-10H2. The van der Waals surface area contributed by atoms with Crippen LogP contribution in [0.5, 0.6) is 5.88 Å². The Hall–Kier alpha value is -3.60. The van der Waals surface area contributed by atoms with Crippen LogP contribution >= 0.6 is 0 Å². The Morgan fingerprint density at radius 3 is 2.96 bits per heavy atom. The van der Waals surface area contributed by atoms with E-state index in [1.54, 1.807) is 41.4 Å². The highest BCUT2D eigenvalue weighted by molar-refractivity contribution is 5.93. The number of pyridine rings is 1. The number of hydrogen-bond donors (Lipinski definition) is 0. The lowest BCUT2D eigenvalue weighted by Crippen LogP contribution is -2.56. The van der Waals surface area contributed by atoms with E-state index < -0.39 is 0 Å². The number of nitriles is 1. The first-order chi connectivity index (χ1) is 12.2. The van der Waals surface area contributed by atoms with Gasteiger partial charge in [0.1, 0.15) is 17.7 Å². The van der Waals surface area contributed by atoms with E-state index in [-0.39, 0.29) is 23.6 Å². The Morgan fingerprint density at radius 1 is 1.32 bits per heavy atom. The SMILES string of the molecule is N#Cc1cccnc1OC1CN(C(=O)c2cc(-c3ccco3)on2)C1. The molecule has 0 N–H and O–H groups in total. The van der Waals surface area contributed by atoms with Gasteiger partial charge in [0.2, 0.25) is 11.6 Å². The molecule has 0 saturated carbocycles. The van der Waals surface area contributed by atoms with Crippen LogP contribution in [-0.4, -0.2) is 40.1 Å². The van der Waals surface area contributed by atoms with Crippen molar-refractivity contribution in [1.82, 2.24) is 15.0 Å². The van der Waals surface area contributed by atoms with Gasteiger partial charge in [-0.25, -0.2) is 4.98 Å². The summed E-state index contributed by atoms with van der Waals surface area (Å²) in [6, 6.07) is 10.3. The van der Waals surface area contributed by atoms with Crippen molar-refractivity contribution in [2.45, 2.75) is 6.10 Å². The highest BCUT2D eigenvalue weighted by Crippen LogP contribution is 2.24. The first kappa shape index (κ1) is 15.0. The molecule has 0 aromatic carbocycles. The van der Waals surface area contributed by atoms with E-state index in [2.05, 4.69) is 10.1 Å². The molecule has 1 saturated heterocycles. The van der Waals surface area contributed by atoms with Gasteiger partial charge in [-0.2, -0.15) is 5.26 Å². The molecule has 4 rings (SSSR count). The molecule has 4 heterocycles. The summed E-state index contributed by atoms with van der Waals surface area (Å²) in [5.41, 5.74) is 0.576. The fraction of sp³-hybridized carbons (Fsp3) is 0.176. The molecule has 0 spiro atoms. The summed E-state index contributed by atoms with van der Waals surface area (Å²) in [6.07, 6.45) is 2.87. The molecule has 8 nitrogen and oxygen atoms in total. The molecular weight excluding hydrogens is 324 g/mol. The minimum absolute atomic E-state index is 0.206. The van der Waals surface area contributed by atoms with Crippen molar-refractivity contribution in [3.8, 4) is 23.5 Å². The number of likely N-dealkylation sites (tertiary alicyclic amines) is 1. The van der Waals surface area contributed by atoms with Crippen LogP contribution in [0.1, 0.15) is 16.1 Å². The van der Waals surface area contributed by atoms with Gasteiger partial charge in [0, 0.05) is 12.3 Å². The van der Waals surface area contributed by atoms with Crippen LogP contribution in [0.25, 0.3) is 11.5 Å². The minimum Gasteiger partial charge on any atom is -0.470 e. The van der Waals surface area contributed by atoms with Crippen LogP contribution in [0.4, 0.5) is 0 Å². The normalized spacial score (nSPS) is 14.0. The van der Waals surface area contributed by atoms with Crippen molar-refractivity contribution in [3.63, 3.8) is 0 Å². The molecule has 0 unspecified atom stereocenters. The predicted molar refractivity (Wildman–Crippen MR) is 83.5 cm³/mol. The Bertz CT molecular complexity index is 936. The Balaban J connectivity index is 1.38. The zero-order valence-electron chi connectivity index (χ0n) is 13.0. The molecule has 1 amide bonds. The Labute approximate surface area is 142 Å². The van der Waals surface area contributed by atoms with Crippen LogP contribution in [0.3, 0.4) is 0 Å². The number of carbonyl (C=O) groups excluding carboxylic acids is 1. The van der Waals surface area contributed by atoms with Gasteiger partial charge in [-0.1, -0.05) is 5.16 Å². The third kappa shape index (κ3) is 2.83. The monoisotopic (exact) mass is 336 g/mol. The van der Waals surface area contributed by atoms with Crippen LogP contribution in [0.15, 0.2) is 51.7 Å². The fourth-order valence-corrected chi connectivity index (χ4v) is 2.48. The Morgan fingerprint density at radius 2 is 2.20 bits per heavy atom. The Kier molecular flexibility index (Phi) is 3.67. The second-order valence-corrected chi connectivity index (χ2v) is 5.47. The van der Waals surface area contributed by atoms with Crippen LogP contribution in [0.2, 0.25) is 0 Å². The molecule has 1 aliphatic heterocycles. The summed E-state index contributed by atoms with van der Waals surface area (Å²) in [4.78, 5) is 18.0. The number of amides is 1. The quantitative estimate of drug-likeness (QED) is 0.718. The second kappa shape index (κ2) is 6.13. The van der Waals surface area contributed by atoms with E-state index in [1.165, 1.54) is 6.26 Å². The molecule has 1 fully saturated rings. The maximum absolute atomic E-state index is 12.4. The molecule has 0 aliphatic carbocycles. The topological polar surface area (TPSA) is 105 Å². The third-order valence-electron chi connectivity index (χ3n) is 3.80. The summed E-state index contributed by atoms with van der Waals surface area (Å²) in [5.74, 6) is 0.941. The van der Waals surface area contributed by atoms with Crippen molar-refractivity contribution < 1.29 is 18.5 Å². The summed E-state index contributed by atoms with van der Waals surface area (Å²) in [7, 11) is 0. The number of carbonyl (C=O) groups is 1. The molecule has 3 aromatic rings. The number of aromatic nitrogens is 2. The van der Waals surface area contributed by atoms with Crippen molar-refractivity contribution in [2.75, 3.05) is 13.1 Å². The zero-order valence-corrected chi connectivity index (χ0v) is 13.0. The summed E-state index contributed by atoms with van der Waals surface area (Å²) < 4.78 is 16.0. The van der Waals surface area contributed by atoms with Gasteiger partial charge in [-0.05, 0) is 24.3 Å². The molecule has 1 aliphatic rings. The zero-order chi connectivity index (χ0) is 17.2. The number of nitrogens with zero attached hydrogens (tertiary/aromatic N) is 4. The molecule has 0 atom stereocenters. The predicted octanol–water partition coefficient (Wildman–Crippen LogP) is 2.10. The first-order valence-electron chi connectivity index (χ1n) is 7.56. The molecule has 8 heteroatoms. The summed E-state index contributed by atoms with van der Waals surface area (Å²) in [5, 5.41) is 12.8. The highest BCUT2D eigenvalue weighted by atomic mass is 16.5. The summed E-state index contributed by atoms with van der Waals surface area (Å²) >= 11 is 0. The number of furan rings is 1. The highest BCUT2D eigenvalue weighted by Gasteiger charge is 2.35. The number of ether oxygens (including phenoxy) is 1. The average molecular weight is 336 g/mol. The van der Waals surface area contributed by atoms with Gasteiger partial charge < -0.3 is 18.6 Å². The van der Waals surface area contributed by atoms with E-state index >= 15 is 0 Å². The van der Waals surface area contributed by atoms with Gasteiger partial charge in [-0.15, -0.1) is 0 Å². The first-order valence-corrected chi connectivity index (χ1v) is 7.56. The van der Waals surface area contributed by atoms with Gasteiger partial charge in [0.15, 0.2) is 11.5 Å². The lowest BCUT2D eigenvalue weighted by molar-refractivity contribution is 0.0152. The van der Waals surface area contributed by atoms with Crippen molar-refractivity contribution in [1.29, 1.82) is 5.26 Å². The summed E-state index contributed by atoms with van der Waals surface area (Å²) in [6.45, 7) is 0.784. The molecule has 124 valence electrons. The van der Waals surface area contributed by atoms with Crippen LogP contribution in [-0.2, 0) is 0 Å². The van der Waals surface area contributed by atoms with Crippen molar-refractivity contribution in [3.05, 3.63) is 54.0 Å². The lowest BCUT2D eigenvalue weighted by atomic mass is 10.1. The minimum atomic E-state index is -0.247. The van der Waals surface area contributed by atoms with E-state index in [0.717, 1.165) is 0 Å². The molecular formula is C17H12N4O4. The van der Waals surface area contributed by atoms with Crippen LogP contribution < -0.4 is 4.74 Å². The van der Waals surface area contributed by atoms with E-state index in [4.69, 9.17) is 18.9 Å². The molecule has 0 radical (unpaired) electrons. The maximum Gasteiger partial charge on any atom is 0.276 e. The third-order valence-corrected chi connectivity index (χ3v) is 3.80. The second-order valence-electron chi connectivity index (χ2n) is 5.47. The van der Waals surface area contributed by atoms with E-state index in [1.807, 2.05) is 6.07 Å². The van der Waals surface area contributed by atoms with E-state index in [0.29, 0.717) is 30.2 Å². The molecule has 3 aromatic heterocycles. The van der Waals surface area contributed by atoms with Crippen LogP contribution in [0, 0.1) is 11.3 Å².